The van der Waals surface area contributed by atoms with Gasteiger partial charge in [-0.25, -0.2) is 9.97 Å². The summed E-state index contributed by atoms with van der Waals surface area (Å²) >= 11 is 0. The number of hydrogen-bond donors (Lipinski definition) is 1. The summed E-state index contributed by atoms with van der Waals surface area (Å²) in [4.78, 5) is 24.0. The van der Waals surface area contributed by atoms with Gasteiger partial charge in [0.1, 0.15) is 11.2 Å². The molecule has 0 spiro atoms. The van der Waals surface area contributed by atoms with E-state index in [2.05, 4.69) is 26.1 Å². The fourth-order valence-corrected chi connectivity index (χ4v) is 2.59. The van der Waals surface area contributed by atoms with Crippen molar-refractivity contribution in [2.24, 2.45) is 0 Å². The van der Waals surface area contributed by atoms with E-state index in [4.69, 9.17) is 0 Å². The van der Waals surface area contributed by atoms with Crippen LogP contribution in [0.5, 0.6) is 0 Å². The zero-order chi connectivity index (χ0) is 14.4. The van der Waals surface area contributed by atoms with Crippen molar-refractivity contribution in [3.8, 4) is 0 Å². The Morgan fingerprint density at radius 1 is 1.38 bits per heavy atom. The van der Waals surface area contributed by atoms with Crippen molar-refractivity contribution in [3.05, 3.63) is 52.2 Å². The normalized spacial score (nSPS) is 14.8. The van der Waals surface area contributed by atoms with Crippen molar-refractivity contribution >= 4 is 22.4 Å². The number of nitrogens with zero attached hydrogens (tertiary/aromatic N) is 4. The van der Waals surface area contributed by atoms with Gasteiger partial charge in [-0.3, -0.25) is 4.79 Å². The largest absolute Gasteiger partial charge is 0.303 e. The minimum absolute atomic E-state index is 0.190. The Bertz CT molecular complexity index is 977. The number of rotatable bonds is 1. The number of allylic oxidation sites excluding steroid dienone is 4. The molecule has 1 aliphatic carbocycles. The van der Waals surface area contributed by atoms with Crippen LogP contribution in [-0.4, -0.2) is 24.6 Å². The third kappa shape index (κ3) is 1.87. The summed E-state index contributed by atoms with van der Waals surface area (Å²) in [5, 5.41) is 4.34. The lowest BCUT2D eigenvalue weighted by atomic mass is 10.0. The van der Waals surface area contributed by atoms with Gasteiger partial charge in [0, 0.05) is 6.07 Å². The van der Waals surface area contributed by atoms with E-state index in [0.717, 1.165) is 24.1 Å². The molecule has 6 nitrogen and oxygen atoms in total. The topological polar surface area (TPSA) is 75.9 Å². The van der Waals surface area contributed by atoms with Crippen molar-refractivity contribution < 1.29 is 0 Å². The first-order valence-corrected chi connectivity index (χ1v) is 6.84. The van der Waals surface area contributed by atoms with E-state index < -0.39 is 0 Å². The second kappa shape index (κ2) is 4.37. The maximum absolute atomic E-state index is 12.3. The zero-order valence-corrected chi connectivity index (χ0v) is 11.5. The first kappa shape index (κ1) is 12.0. The van der Waals surface area contributed by atoms with E-state index in [0.29, 0.717) is 22.5 Å². The van der Waals surface area contributed by atoms with Gasteiger partial charge in [-0.2, -0.15) is 9.61 Å². The quantitative estimate of drug-likeness (QED) is 0.739. The van der Waals surface area contributed by atoms with E-state index in [1.54, 1.807) is 10.7 Å². The predicted octanol–water partition coefficient (Wildman–Crippen LogP) is 2.01. The van der Waals surface area contributed by atoms with Crippen LogP contribution in [0.1, 0.15) is 24.2 Å². The van der Waals surface area contributed by atoms with E-state index in [1.807, 2.05) is 25.1 Å². The molecular formula is C15H13N5O. The van der Waals surface area contributed by atoms with Crippen LogP contribution in [-0.2, 0) is 0 Å². The second-order valence-electron chi connectivity index (χ2n) is 5.12. The van der Waals surface area contributed by atoms with Crippen molar-refractivity contribution in [1.29, 1.82) is 0 Å². The molecule has 0 unspecified atom stereocenters. The number of hydrogen-bond acceptors (Lipinski definition) is 4. The van der Waals surface area contributed by atoms with E-state index in [9.17, 15) is 4.79 Å². The molecule has 0 bridgehead atoms. The van der Waals surface area contributed by atoms with Crippen LogP contribution < -0.4 is 5.56 Å². The lowest BCUT2D eigenvalue weighted by Gasteiger charge is -2.08. The average molecular weight is 279 g/mol. The molecule has 0 aromatic carbocycles. The number of aryl methyl sites for hydroxylation is 1. The molecule has 0 fully saturated rings. The molecule has 3 heterocycles. The molecule has 0 saturated carbocycles. The fourth-order valence-electron chi connectivity index (χ4n) is 2.59. The standard InChI is InChI=1S/C15H13N5O/c1-9-7-12-16-8-11-14(20(12)19-9)18-15(21)13(17-11)10-5-3-2-4-6-10/h2-3,5,7-8H,4,6H2,1H3,(H,18,21). The Hall–Kier alpha value is -2.76. The smallest absolute Gasteiger partial charge is 0.275 e. The summed E-state index contributed by atoms with van der Waals surface area (Å²) in [6.45, 7) is 1.89. The summed E-state index contributed by atoms with van der Waals surface area (Å²) in [6.07, 6.45) is 9.41. The number of H-pyrrole nitrogens is 1. The molecule has 3 aromatic heterocycles. The zero-order valence-electron chi connectivity index (χ0n) is 11.5. The highest BCUT2D eigenvalue weighted by Gasteiger charge is 2.13. The number of fused-ring (bicyclic) bond motifs is 3. The highest BCUT2D eigenvalue weighted by atomic mass is 16.1. The van der Waals surface area contributed by atoms with Crippen molar-refractivity contribution in [1.82, 2.24) is 24.6 Å². The van der Waals surface area contributed by atoms with Gasteiger partial charge in [0.05, 0.1) is 11.9 Å². The third-order valence-electron chi connectivity index (χ3n) is 3.58. The minimum Gasteiger partial charge on any atom is -0.303 e. The maximum Gasteiger partial charge on any atom is 0.275 e. The fraction of sp³-hybridized carbons (Fsp3) is 0.200. The van der Waals surface area contributed by atoms with Crippen molar-refractivity contribution in [3.63, 3.8) is 0 Å². The Labute approximate surface area is 119 Å². The Kier molecular flexibility index (Phi) is 2.50. The molecule has 0 atom stereocenters. The summed E-state index contributed by atoms with van der Waals surface area (Å²) in [7, 11) is 0. The molecule has 3 aromatic rings. The van der Waals surface area contributed by atoms with Crippen LogP contribution in [0.15, 0.2) is 35.3 Å². The van der Waals surface area contributed by atoms with Crippen LogP contribution >= 0.6 is 0 Å². The number of aromatic amines is 1. The molecule has 21 heavy (non-hydrogen) atoms. The van der Waals surface area contributed by atoms with Crippen LogP contribution in [0.3, 0.4) is 0 Å². The van der Waals surface area contributed by atoms with Crippen LogP contribution in [0.25, 0.3) is 22.4 Å². The van der Waals surface area contributed by atoms with E-state index >= 15 is 0 Å². The Morgan fingerprint density at radius 2 is 2.29 bits per heavy atom. The first-order chi connectivity index (χ1) is 10.2. The summed E-state index contributed by atoms with van der Waals surface area (Å²) < 4.78 is 1.62. The van der Waals surface area contributed by atoms with E-state index in [1.165, 1.54) is 0 Å². The Morgan fingerprint density at radius 3 is 3.10 bits per heavy atom. The van der Waals surface area contributed by atoms with Crippen molar-refractivity contribution in [2.75, 3.05) is 0 Å². The van der Waals surface area contributed by atoms with Gasteiger partial charge in [-0.15, -0.1) is 0 Å². The number of aromatic nitrogens is 5. The van der Waals surface area contributed by atoms with Crippen LogP contribution in [0, 0.1) is 6.92 Å². The average Bonchev–Trinajstić information content (AvgIpc) is 2.88. The second-order valence-corrected chi connectivity index (χ2v) is 5.12. The third-order valence-corrected chi connectivity index (χ3v) is 3.58. The SMILES string of the molecule is Cc1cc2ncc3nc(C4=CC=CCC4)c(=O)[nH]c3n2n1. The molecule has 0 aliphatic heterocycles. The molecule has 0 radical (unpaired) electrons. The first-order valence-electron chi connectivity index (χ1n) is 6.84. The molecule has 0 saturated heterocycles. The molecule has 1 aliphatic rings. The van der Waals surface area contributed by atoms with Crippen molar-refractivity contribution in [2.45, 2.75) is 19.8 Å². The Balaban J connectivity index is 2.02. The summed E-state index contributed by atoms with van der Waals surface area (Å²) in [5.74, 6) is 0. The highest BCUT2D eigenvalue weighted by Crippen LogP contribution is 2.20. The summed E-state index contributed by atoms with van der Waals surface area (Å²) in [6, 6.07) is 1.86. The summed E-state index contributed by atoms with van der Waals surface area (Å²) in [5.41, 5.74) is 3.99. The van der Waals surface area contributed by atoms with Gasteiger partial charge in [-0.1, -0.05) is 18.2 Å². The molecule has 1 N–H and O–H groups in total. The molecule has 4 rings (SSSR count). The monoisotopic (exact) mass is 279 g/mol. The molecule has 6 heteroatoms. The maximum atomic E-state index is 12.3. The van der Waals surface area contributed by atoms with Gasteiger partial charge in [0.2, 0.25) is 0 Å². The lowest BCUT2D eigenvalue weighted by molar-refractivity contribution is 0.924. The van der Waals surface area contributed by atoms with Gasteiger partial charge in [0.15, 0.2) is 11.3 Å². The predicted molar refractivity (Wildman–Crippen MR) is 80.0 cm³/mol. The molecular weight excluding hydrogens is 266 g/mol. The highest BCUT2D eigenvalue weighted by molar-refractivity contribution is 5.75. The lowest BCUT2D eigenvalue weighted by Crippen LogP contribution is -2.17. The minimum atomic E-state index is -0.190. The van der Waals surface area contributed by atoms with Gasteiger partial charge in [0.25, 0.3) is 5.56 Å². The van der Waals surface area contributed by atoms with Gasteiger partial charge in [-0.05, 0) is 25.3 Å². The number of nitrogens with one attached hydrogen (secondary N) is 1. The van der Waals surface area contributed by atoms with Crippen LogP contribution in [0.2, 0.25) is 0 Å². The van der Waals surface area contributed by atoms with Crippen LogP contribution in [0.4, 0.5) is 0 Å². The molecule has 0 amide bonds. The van der Waals surface area contributed by atoms with Gasteiger partial charge >= 0.3 is 0 Å². The van der Waals surface area contributed by atoms with E-state index in [-0.39, 0.29) is 5.56 Å². The molecule has 104 valence electrons. The van der Waals surface area contributed by atoms with Gasteiger partial charge < -0.3 is 4.98 Å².